The van der Waals surface area contributed by atoms with E-state index in [-0.39, 0.29) is 5.91 Å². The number of rotatable bonds is 3. The zero-order chi connectivity index (χ0) is 15.7. The first-order valence-corrected chi connectivity index (χ1v) is 7.92. The highest BCUT2D eigenvalue weighted by Crippen LogP contribution is 2.35. The molecule has 2 aromatic carbocycles. The van der Waals surface area contributed by atoms with Crippen molar-refractivity contribution >= 4 is 44.6 Å². The van der Waals surface area contributed by atoms with Crippen molar-refractivity contribution in [2.24, 2.45) is 0 Å². The van der Waals surface area contributed by atoms with Crippen LogP contribution in [0.5, 0.6) is 5.75 Å². The minimum Gasteiger partial charge on any atom is -0.497 e. The molecule has 0 saturated heterocycles. The Kier molecular flexibility index (Phi) is 4.05. The van der Waals surface area contributed by atoms with Crippen LogP contribution in [0.4, 0.5) is 5.69 Å². The van der Waals surface area contributed by atoms with Crippen molar-refractivity contribution in [2.75, 3.05) is 12.4 Å². The molecule has 1 amide bonds. The van der Waals surface area contributed by atoms with Crippen LogP contribution in [0, 0.1) is 6.92 Å². The fourth-order valence-electron chi connectivity index (χ4n) is 2.20. The number of thiophene rings is 1. The van der Waals surface area contributed by atoms with E-state index >= 15 is 0 Å². The summed E-state index contributed by atoms with van der Waals surface area (Å²) in [7, 11) is 1.60. The van der Waals surface area contributed by atoms with Crippen molar-refractivity contribution in [1.29, 1.82) is 0 Å². The second kappa shape index (κ2) is 5.99. The van der Waals surface area contributed by atoms with Gasteiger partial charge in [0.2, 0.25) is 0 Å². The number of aryl methyl sites for hydroxylation is 1. The van der Waals surface area contributed by atoms with Crippen LogP contribution in [-0.2, 0) is 0 Å². The normalized spacial score (nSPS) is 10.7. The number of ether oxygens (including phenoxy) is 1. The van der Waals surface area contributed by atoms with Crippen molar-refractivity contribution in [3.8, 4) is 5.75 Å². The molecular formula is C17H14ClNO2S. The lowest BCUT2D eigenvalue weighted by Gasteiger charge is -2.09. The Morgan fingerprint density at radius 3 is 2.73 bits per heavy atom. The zero-order valence-corrected chi connectivity index (χ0v) is 13.7. The van der Waals surface area contributed by atoms with Crippen molar-refractivity contribution in [1.82, 2.24) is 0 Å². The lowest BCUT2D eigenvalue weighted by atomic mass is 10.2. The Morgan fingerprint density at radius 1 is 1.23 bits per heavy atom. The molecule has 22 heavy (non-hydrogen) atoms. The average Bonchev–Trinajstić information content (AvgIpc) is 2.87. The number of carbonyl (C=O) groups is 1. The highest BCUT2D eigenvalue weighted by atomic mass is 35.5. The molecule has 112 valence electrons. The number of hydrogen-bond donors (Lipinski definition) is 1. The first kappa shape index (κ1) is 14.9. The predicted molar refractivity (Wildman–Crippen MR) is 92.5 cm³/mol. The van der Waals surface area contributed by atoms with Crippen LogP contribution in [0.1, 0.15) is 15.2 Å². The molecule has 0 unspecified atom stereocenters. The second-order valence-corrected chi connectivity index (χ2v) is 6.31. The van der Waals surface area contributed by atoms with E-state index in [1.165, 1.54) is 11.3 Å². The third-order valence-electron chi connectivity index (χ3n) is 3.43. The first-order chi connectivity index (χ1) is 10.6. The largest absolute Gasteiger partial charge is 0.497 e. The second-order valence-electron chi connectivity index (χ2n) is 4.88. The lowest BCUT2D eigenvalue weighted by Crippen LogP contribution is -2.11. The van der Waals surface area contributed by atoms with Crippen LogP contribution >= 0.6 is 22.9 Å². The summed E-state index contributed by atoms with van der Waals surface area (Å²) >= 11 is 7.73. The van der Waals surface area contributed by atoms with Gasteiger partial charge < -0.3 is 10.1 Å². The molecule has 3 rings (SSSR count). The Bertz CT molecular complexity index is 857. The Hall–Kier alpha value is -2.04. The smallest absolute Gasteiger partial charge is 0.267 e. The number of carbonyl (C=O) groups excluding carboxylic acids is 1. The van der Waals surface area contributed by atoms with Crippen molar-refractivity contribution < 1.29 is 9.53 Å². The minimum absolute atomic E-state index is 0.206. The number of nitrogens with one attached hydrogen (secondary N) is 1. The predicted octanol–water partition coefficient (Wildman–Crippen LogP) is 5.12. The van der Waals surface area contributed by atoms with E-state index < -0.39 is 0 Å². The molecule has 1 N–H and O–H groups in total. The zero-order valence-electron chi connectivity index (χ0n) is 12.1. The van der Waals surface area contributed by atoms with Gasteiger partial charge in [0.1, 0.15) is 10.6 Å². The van der Waals surface area contributed by atoms with Gasteiger partial charge in [-0.05, 0) is 24.6 Å². The van der Waals surface area contributed by atoms with Gasteiger partial charge in [0.25, 0.3) is 5.91 Å². The maximum absolute atomic E-state index is 12.5. The molecule has 0 aliphatic carbocycles. The molecule has 5 heteroatoms. The SMILES string of the molecule is COc1ccc(C)c(NC(=O)c2sc3ccccc3c2Cl)c1. The summed E-state index contributed by atoms with van der Waals surface area (Å²) in [6.45, 7) is 1.93. The van der Waals surface area contributed by atoms with E-state index in [9.17, 15) is 4.79 Å². The van der Waals surface area contributed by atoms with E-state index in [0.29, 0.717) is 15.6 Å². The molecule has 0 radical (unpaired) electrons. The summed E-state index contributed by atoms with van der Waals surface area (Å²) < 4.78 is 6.19. The van der Waals surface area contributed by atoms with E-state index in [1.54, 1.807) is 13.2 Å². The van der Waals surface area contributed by atoms with Gasteiger partial charge in [-0.2, -0.15) is 0 Å². The lowest BCUT2D eigenvalue weighted by molar-refractivity contribution is 0.103. The number of methoxy groups -OCH3 is 1. The topological polar surface area (TPSA) is 38.3 Å². The van der Waals surface area contributed by atoms with E-state index in [2.05, 4.69) is 5.32 Å². The van der Waals surface area contributed by atoms with Crippen molar-refractivity contribution in [3.05, 3.63) is 57.9 Å². The number of benzene rings is 2. The van der Waals surface area contributed by atoms with Crippen LogP contribution in [0.3, 0.4) is 0 Å². The highest BCUT2D eigenvalue weighted by molar-refractivity contribution is 7.21. The Morgan fingerprint density at radius 2 is 2.00 bits per heavy atom. The van der Waals surface area contributed by atoms with Crippen LogP contribution in [0.15, 0.2) is 42.5 Å². The molecular weight excluding hydrogens is 318 g/mol. The molecule has 1 heterocycles. The summed E-state index contributed by atoms with van der Waals surface area (Å²) in [6, 6.07) is 13.3. The van der Waals surface area contributed by atoms with Gasteiger partial charge in [0.15, 0.2) is 0 Å². The molecule has 0 fully saturated rings. The Labute approximate surface area is 137 Å². The van der Waals surface area contributed by atoms with Gasteiger partial charge in [0.05, 0.1) is 12.1 Å². The minimum atomic E-state index is -0.206. The van der Waals surface area contributed by atoms with E-state index in [1.807, 2.05) is 43.3 Å². The molecule has 0 saturated carbocycles. The molecule has 3 nitrogen and oxygen atoms in total. The fourth-order valence-corrected chi connectivity index (χ4v) is 3.61. The summed E-state index contributed by atoms with van der Waals surface area (Å²) in [5.41, 5.74) is 1.68. The molecule has 0 aliphatic rings. The number of amides is 1. The summed E-state index contributed by atoms with van der Waals surface area (Å²) in [6.07, 6.45) is 0. The molecule has 0 aliphatic heterocycles. The van der Waals surface area contributed by atoms with Crippen molar-refractivity contribution in [2.45, 2.75) is 6.92 Å². The Balaban J connectivity index is 1.95. The van der Waals surface area contributed by atoms with Gasteiger partial charge in [-0.1, -0.05) is 35.9 Å². The molecule has 1 aromatic heterocycles. The van der Waals surface area contributed by atoms with Crippen LogP contribution in [0.2, 0.25) is 5.02 Å². The molecule has 0 spiro atoms. The average molecular weight is 332 g/mol. The van der Waals surface area contributed by atoms with E-state index in [0.717, 1.165) is 21.3 Å². The number of anilines is 1. The number of hydrogen-bond acceptors (Lipinski definition) is 3. The van der Waals surface area contributed by atoms with Gasteiger partial charge in [-0.25, -0.2) is 0 Å². The number of halogens is 1. The molecule has 0 atom stereocenters. The molecule has 0 bridgehead atoms. The van der Waals surface area contributed by atoms with Gasteiger partial charge >= 0.3 is 0 Å². The van der Waals surface area contributed by atoms with E-state index in [4.69, 9.17) is 16.3 Å². The monoisotopic (exact) mass is 331 g/mol. The van der Waals surface area contributed by atoms with Gasteiger partial charge in [-0.15, -0.1) is 11.3 Å². The first-order valence-electron chi connectivity index (χ1n) is 6.73. The van der Waals surface area contributed by atoms with Crippen molar-refractivity contribution in [3.63, 3.8) is 0 Å². The third-order valence-corrected chi connectivity index (χ3v) is 5.11. The fraction of sp³-hybridized carbons (Fsp3) is 0.118. The van der Waals surface area contributed by atoms with Crippen LogP contribution in [-0.4, -0.2) is 13.0 Å². The summed E-state index contributed by atoms with van der Waals surface area (Å²) in [5.74, 6) is 0.492. The standard InChI is InChI=1S/C17H14ClNO2S/c1-10-7-8-11(21-2)9-13(10)19-17(20)16-15(18)12-5-3-4-6-14(12)22-16/h3-9H,1-2H3,(H,19,20). The third kappa shape index (κ3) is 2.67. The van der Waals surface area contributed by atoms with Gasteiger partial charge in [-0.3, -0.25) is 4.79 Å². The highest BCUT2D eigenvalue weighted by Gasteiger charge is 2.17. The quantitative estimate of drug-likeness (QED) is 0.723. The van der Waals surface area contributed by atoms with Crippen LogP contribution < -0.4 is 10.1 Å². The van der Waals surface area contributed by atoms with Gasteiger partial charge in [0, 0.05) is 21.8 Å². The van der Waals surface area contributed by atoms with Crippen LogP contribution in [0.25, 0.3) is 10.1 Å². The summed E-state index contributed by atoms with van der Waals surface area (Å²) in [5, 5.41) is 4.31. The molecule has 3 aromatic rings. The number of fused-ring (bicyclic) bond motifs is 1. The summed E-state index contributed by atoms with van der Waals surface area (Å²) in [4.78, 5) is 13.0. The maximum Gasteiger partial charge on any atom is 0.267 e. The maximum atomic E-state index is 12.5.